The summed E-state index contributed by atoms with van der Waals surface area (Å²) in [6.45, 7) is 0. The molecule has 0 atom stereocenters. The minimum absolute atomic E-state index is 0.180. The van der Waals surface area contributed by atoms with E-state index >= 15 is 0 Å². The molecule has 0 aliphatic rings. The zero-order valence-electron chi connectivity index (χ0n) is 5.15. The van der Waals surface area contributed by atoms with Crippen LogP contribution in [0.1, 0.15) is 0 Å². The summed E-state index contributed by atoms with van der Waals surface area (Å²) in [5.74, 6) is 0. The van der Waals surface area contributed by atoms with Crippen molar-refractivity contribution < 1.29 is 8.78 Å². The molecule has 0 saturated carbocycles. The molecule has 0 N–H and O–H groups in total. The molecule has 0 amide bonds. The van der Waals surface area contributed by atoms with Gasteiger partial charge in [0.15, 0.2) is 0 Å². The Morgan fingerprint density at radius 3 is 2.60 bits per heavy atom. The third kappa shape index (κ3) is 2.39. The van der Waals surface area contributed by atoms with Gasteiger partial charge >= 0.3 is 8.69 Å². The largest absolute Gasteiger partial charge is 0.332 e. The molecule has 2 radical (unpaired) electrons. The summed E-state index contributed by atoms with van der Waals surface area (Å²) < 4.78 is 14.5. The van der Waals surface area contributed by atoms with Crippen LogP contribution in [0.5, 0.6) is 0 Å². The van der Waals surface area contributed by atoms with E-state index in [0.717, 1.165) is 5.19 Å². The number of benzene rings is 1. The predicted molar refractivity (Wildman–Crippen MR) is 40.5 cm³/mol. The molecule has 0 spiro atoms. The van der Waals surface area contributed by atoms with Crippen molar-refractivity contribution in [2.24, 2.45) is 0 Å². The second-order valence-electron chi connectivity index (χ2n) is 1.63. The Morgan fingerprint density at radius 1 is 1.30 bits per heavy atom. The summed E-state index contributed by atoms with van der Waals surface area (Å²) in [5.41, 5.74) is 0. The third-order valence-corrected chi connectivity index (χ3v) is 2.21. The van der Waals surface area contributed by atoms with E-state index in [1.807, 2.05) is 30.3 Å². The first-order chi connectivity index (χ1) is 4.93. The molecule has 0 aromatic heterocycles. The van der Waals surface area contributed by atoms with Gasteiger partial charge in [0.2, 0.25) is 0 Å². The van der Waals surface area contributed by atoms with Crippen LogP contribution >= 0.6 is 8.69 Å². The maximum absolute atomic E-state index is 9.86. The highest BCUT2D eigenvalue weighted by Crippen LogP contribution is 1.90. The van der Waals surface area contributed by atoms with Crippen LogP contribution in [0, 0.1) is 0 Å². The summed E-state index contributed by atoms with van der Waals surface area (Å²) in [4.78, 5) is 0. The minimum atomic E-state index is -0.248. The molecular formula is C6H5O2PSi. The smallest absolute Gasteiger partial charge is 0.316 e. The van der Waals surface area contributed by atoms with Crippen LogP contribution in [0.3, 0.4) is 0 Å². The molecule has 0 aliphatic carbocycles. The van der Waals surface area contributed by atoms with Gasteiger partial charge in [0, 0.05) is 0 Å². The van der Waals surface area contributed by atoms with Crippen molar-refractivity contribution >= 4 is 23.6 Å². The predicted octanol–water partition coefficient (Wildman–Crippen LogP) is 1.15. The van der Waals surface area contributed by atoms with Gasteiger partial charge in [-0.1, -0.05) is 30.3 Å². The lowest BCUT2D eigenvalue weighted by atomic mass is 10.4. The number of rotatable bonds is 3. The molecule has 1 aromatic carbocycles. The highest BCUT2D eigenvalue weighted by molar-refractivity contribution is 7.19. The Labute approximate surface area is 63.4 Å². The summed E-state index contributed by atoms with van der Waals surface area (Å²) >= 11 is 0. The van der Waals surface area contributed by atoms with Gasteiger partial charge in [-0.3, -0.25) is 0 Å². The lowest BCUT2D eigenvalue weighted by Gasteiger charge is -1.90. The van der Waals surface area contributed by atoms with Gasteiger partial charge in [-0.2, -0.15) is 0 Å². The monoisotopic (exact) mass is 168 g/mol. The Hall–Kier alpha value is -0.503. The Morgan fingerprint density at radius 2 is 2.00 bits per heavy atom. The number of hydrogen-bond donors (Lipinski definition) is 0. The van der Waals surface area contributed by atoms with E-state index in [-0.39, 0.29) is 18.5 Å². The van der Waals surface area contributed by atoms with Gasteiger partial charge in [-0.25, -0.2) is 4.57 Å². The molecule has 50 valence electrons. The molecule has 0 aliphatic heterocycles. The summed E-state index contributed by atoms with van der Waals surface area (Å²) in [5, 5.41) is 1.06. The van der Waals surface area contributed by atoms with E-state index in [2.05, 4.69) is 4.21 Å². The van der Waals surface area contributed by atoms with Crippen LogP contribution in [-0.2, 0) is 8.78 Å². The van der Waals surface area contributed by atoms with E-state index in [1.54, 1.807) is 0 Å². The first kappa shape index (κ1) is 7.60. The quantitative estimate of drug-likeness (QED) is 0.500. The molecule has 0 heterocycles. The molecule has 1 rings (SSSR count). The zero-order chi connectivity index (χ0) is 7.23. The Kier molecular flexibility index (Phi) is 3.29. The SMILES string of the molecule is O=PO[Si]c1ccccc1. The van der Waals surface area contributed by atoms with Crippen LogP contribution in [-0.4, -0.2) is 9.76 Å². The van der Waals surface area contributed by atoms with Gasteiger partial charge in [-0.15, -0.1) is 0 Å². The first-order valence-electron chi connectivity index (χ1n) is 2.73. The lowest BCUT2D eigenvalue weighted by Crippen LogP contribution is -2.12. The first-order valence-corrected chi connectivity index (χ1v) is 4.37. The van der Waals surface area contributed by atoms with Crippen molar-refractivity contribution in [1.82, 2.24) is 0 Å². The Balaban J connectivity index is 2.50. The highest BCUT2D eigenvalue weighted by Gasteiger charge is 1.92. The van der Waals surface area contributed by atoms with Crippen molar-refractivity contribution in [3.63, 3.8) is 0 Å². The van der Waals surface area contributed by atoms with Crippen molar-refractivity contribution in [1.29, 1.82) is 0 Å². The van der Waals surface area contributed by atoms with E-state index < -0.39 is 0 Å². The molecular weight excluding hydrogens is 163 g/mol. The van der Waals surface area contributed by atoms with Crippen LogP contribution in [0.2, 0.25) is 0 Å². The van der Waals surface area contributed by atoms with Gasteiger partial charge in [0.05, 0.1) is 0 Å². The van der Waals surface area contributed by atoms with Crippen molar-refractivity contribution in [2.75, 3.05) is 0 Å². The average molecular weight is 168 g/mol. The van der Waals surface area contributed by atoms with Crippen molar-refractivity contribution in [2.45, 2.75) is 0 Å². The summed E-state index contributed by atoms with van der Waals surface area (Å²) in [6, 6.07) is 9.65. The van der Waals surface area contributed by atoms with Crippen LogP contribution in [0.4, 0.5) is 0 Å². The summed E-state index contributed by atoms with van der Waals surface area (Å²) in [7, 11) is -0.0681. The topological polar surface area (TPSA) is 26.3 Å². The summed E-state index contributed by atoms with van der Waals surface area (Å²) in [6.07, 6.45) is 0. The molecule has 2 nitrogen and oxygen atoms in total. The second kappa shape index (κ2) is 4.33. The fourth-order valence-corrected chi connectivity index (χ4v) is 1.48. The molecule has 4 heteroatoms. The van der Waals surface area contributed by atoms with Crippen LogP contribution < -0.4 is 5.19 Å². The second-order valence-corrected chi connectivity index (χ2v) is 3.29. The standard InChI is InChI=1S/C6H5O2PSi/c7-9-8-10-6-4-2-1-3-5-6/h1-5H. The maximum atomic E-state index is 9.86. The lowest BCUT2D eigenvalue weighted by molar-refractivity contribution is 0.542. The van der Waals surface area contributed by atoms with Crippen LogP contribution in [0.15, 0.2) is 30.3 Å². The fraction of sp³-hybridized carbons (Fsp3) is 0. The minimum Gasteiger partial charge on any atom is -0.332 e. The van der Waals surface area contributed by atoms with Crippen molar-refractivity contribution in [3.8, 4) is 0 Å². The maximum Gasteiger partial charge on any atom is 0.316 e. The zero-order valence-corrected chi connectivity index (χ0v) is 7.04. The molecule has 0 unspecified atom stereocenters. The average Bonchev–Trinajstić information content (AvgIpc) is 2.03. The van der Waals surface area contributed by atoms with E-state index in [4.69, 9.17) is 0 Å². The van der Waals surface area contributed by atoms with Crippen LogP contribution in [0.25, 0.3) is 0 Å². The van der Waals surface area contributed by atoms with E-state index in [0.29, 0.717) is 0 Å². The molecule has 0 fully saturated rings. The molecule has 0 saturated heterocycles. The normalized spacial score (nSPS) is 10.0. The van der Waals surface area contributed by atoms with E-state index in [9.17, 15) is 4.57 Å². The fourth-order valence-electron chi connectivity index (χ4n) is 0.578. The van der Waals surface area contributed by atoms with Gasteiger partial charge in [0.1, 0.15) is 0 Å². The number of hydrogen-bond acceptors (Lipinski definition) is 2. The van der Waals surface area contributed by atoms with Gasteiger partial charge in [-0.05, 0) is 5.19 Å². The molecule has 0 bridgehead atoms. The van der Waals surface area contributed by atoms with Crippen molar-refractivity contribution in [3.05, 3.63) is 30.3 Å². The van der Waals surface area contributed by atoms with Gasteiger partial charge < -0.3 is 4.21 Å². The molecule has 10 heavy (non-hydrogen) atoms. The van der Waals surface area contributed by atoms with E-state index in [1.165, 1.54) is 0 Å². The molecule has 1 aromatic rings. The van der Waals surface area contributed by atoms with Gasteiger partial charge in [0.25, 0.3) is 9.76 Å². The Bertz CT molecular complexity index is 202. The highest BCUT2D eigenvalue weighted by atomic mass is 31.1. The third-order valence-electron chi connectivity index (χ3n) is 0.975.